The molecular formula is C10H12O3S. The number of carbonyl (C=O) groups excluding carboxylic acids is 1. The number of benzene rings is 1. The van der Waals surface area contributed by atoms with Crippen LogP contribution < -0.4 is 0 Å². The molecule has 0 saturated heterocycles. The van der Waals surface area contributed by atoms with Crippen molar-refractivity contribution in [2.75, 3.05) is 5.75 Å². The molecule has 0 saturated carbocycles. The highest BCUT2D eigenvalue weighted by Crippen LogP contribution is 2.11. The van der Waals surface area contributed by atoms with Gasteiger partial charge in [-0.15, -0.1) is 0 Å². The summed E-state index contributed by atoms with van der Waals surface area (Å²) < 4.78 is 22.6. The van der Waals surface area contributed by atoms with Crippen molar-refractivity contribution in [1.29, 1.82) is 0 Å². The van der Waals surface area contributed by atoms with E-state index in [1.807, 2.05) is 19.1 Å². The Kier molecular flexibility index (Phi) is 3.41. The number of aldehydes is 1. The van der Waals surface area contributed by atoms with E-state index in [0.717, 1.165) is 11.1 Å². The highest BCUT2D eigenvalue weighted by atomic mass is 32.2. The quantitative estimate of drug-likeness (QED) is 0.702. The molecule has 0 aromatic heterocycles. The van der Waals surface area contributed by atoms with Crippen LogP contribution in [0.15, 0.2) is 24.3 Å². The Labute approximate surface area is 83.7 Å². The molecule has 0 atom stereocenters. The van der Waals surface area contributed by atoms with Crippen molar-refractivity contribution < 1.29 is 13.2 Å². The van der Waals surface area contributed by atoms with Crippen molar-refractivity contribution in [2.45, 2.75) is 12.7 Å². The van der Waals surface area contributed by atoms with Crippen LogP contribution in [-0.2, 0) is 20.4 Å². The first-order valence-electron chi connectivity index (χ1n) is 4.24. The minimum Gasteiger partial charge on any atom is -0.302 e. The van der Waals surface area contributed by atoms with Gasteiger partial charge in [-0.3, -0.25) is 0 Å². The van der Waals surface area contributed by atoms with Crippen LogP contribution in [0, 0.1) is 6.92 Å². The molecule has 0 aliphatic carbocycles. The summed E-state index contributed by atoms with van der Waals surface area (Å²) in [4.78, 5) is 10.1. The highest BCUT2D eigenvalue weighted by Gasteiger charge is 2.11. The number of aryl methyl sites for hydroxylation is 1. The van der Waals surface area contributed by atoms with Crippen LogP contribution in [0.25, 0.3) is 0 Å². The Bertz CT molecular complexity index is 421. The van der Waals surface area contributed by atoms with Gasteiger partial charge in [0.2, 0.25) is 0 Å². The second-order valence-electron chi connectivity index (χ2n) is 3.15. The standard InChI is InChI=1S/C10H12O3S/c1-9-4-2-3-5-10(9)8-14(12,13)7-6-11/h2-6H,7-8H2,1H3. The smallest absolute Gasteiger partial charge is 0.161 e. The van der Waals surface area contributed by atoms with Crippen LogP contribution in [0.1, 0.15) is 11.1 Å². The molecule has 0 radical (unpaired) electrons. The second-order valence-corrected chi connectivity index (χ2v) is 5.26. The van der Waals surface area contributed by atoms with E-state index in [1.165, 1.54) is 0 Å². The summed E-state index contributed by atoms with van der Waals surface area (Å²) in [5.41, 5.74) is 1.69. The zero-order chi connectivity index (χ0) is 10.6. The van der Waals surface area contributed by atoms with Gasteiger partial charge in [0.25, 0.3) is 0 Å². The molecule has 1 aromatic rings. The van der Waals surface area contributed by atoms with Gasteiger partial charge >= 0.3 is 0 Å². The van der Waals surface area contributed by atoms with Crippen LogP contribution in [0.5, 0.6) is 0 Å². The van der Waals surface area contributed by atoms with E-state index in [9.17, 15) is 13.2 Å². The summed E-state index contributed by atoms with van der Waals surface area (Å²) in [5.74, 6) is -0.459. The molecule has 0 spiro atoms. The summed E-state index contributed by atoms with van der Waals surface area (Å²) >= 11 is 0. The van der Waals surface area contributed by atoms with Gasteiger partial charge in [0, 0.05) is 0 Å². The lowest BCUT2D eigenvalue weighted by molar-refractivity contribution is -0.105. The zero-order valence-corrected chi connectivity index (χ0v) is 8.75. The van der Waals surface area contributed by atoms with Crippen LogP contribution in [0.2, 0.25) is 0 Å². The summed E-state index contributed by atoms with van der Waals surface area (Å²) in [6.45, 7) is 1.85. The first kappa shape index (κ1) is 10.9. The Hall–Kier alpha value is -1.16. The van der Waals surface area contributed by atoms with Gasteiger partial charge in [0.15, 0.2) is 9.84 Å². The summed E-state index contributed by atoms with van der Waals surface area (Å²) in [7, 11) is -3.28. The van der Waals surface area contributed by atoms with Crippen molar-refractivity contribution in [2.24, 2.45) is 0 Å². The maximum atomic E-state index is 11.3. The fourth-order valence-corrected chi connectivity index (χ4v) is 2.29. The normalized spacial score (nSPS) is 11.2. The lowest BCUT2D eigenvalue weighted by atomic mass is 10.1. The topological polar surface area (TPSA) is 51.2 Å². The number of hydrogen-bond donors (Lipinski definition) is 0. The first-order chi connectivity index (χ1) is 6.55. The SMILES string of the molecule is Cc1ccccc1CS(=O)(=O)CC=O. The fourth-order valence-electron chi connectivity index (χ4n) is 1.17. The lowest BCUT2D eigenvalue weighted by Gasteiger charge is -2.04. The number of hydrogen-bond acceptors (Lipinski definition) is 3. The molecule has 0 heterocycles. The molecule has 0 bridgehead atoms. The van der Waals surface area contributed by atoms with Gasteiger partial charge < -0.3 is 4.79 Å². The van der Waals surface area contributed by atoms with Gasteiger partial charge in [-0.1, -0.05) is 24.3 Å². The molecule has 0 fully saturated rings. The predicted molar refractivity (Wildman–Crippen MR) is 54.7 cm³/mol. The summed E-state index contributed by atoms with van der Waals surface area (Å²) in [5, 5.41) is 0. The van der Waals surface area contributed by atoms with Crippen molar-refractivity contribution in [3.05, 3.63) is 35.4 Å². The van der Waals surface area contributed by atoms with Gasteiger partial charge in [0.1, 0.15) is 12.0 Å². The molecule has 1 aromatic carbocycles. The first-order valence-corrected chi connectivity index (χ1v) is 6.06. The van der Waals surface area contributed by atoms with E-state index in [-0.39, 0.29) is 5.75 Å². The number of rotatable bonds is 4. The molecule has 0 aliphatic rings. The number of sulfone groups is 1. The Morgan fingerprint density at radius 3 is 2.50 bits per heavy atom. The van der Waals surface area contributed by atoms with Gasteiger partial charge in [-0.05, 0) is 18.1 Å². The van der Waals surface area contributed by atoms with Crippen LogP contribution in [-0.4, -0.2) is 20.5 Å². The van der Waals surface area contributed by atoms with Gasteiger partial charge in [-0.2, -0.15) is 0 Å². The molecule has 76 valence electrons. The fraction of sp³-hybridized carbons (Fsp3) is 0.300. The van der Waals surface area contributed by atoms with Crippen molar-refractivity contribution >= 4 is 16.1 Å². The Balaban J connectivity index is 2.89. The molecule has 0 N–H and O–H groups in total. The van der Waals surface area contributed by atoms with Crippen molar-refractivity contribution in [3.8, 4) is 0 Å². The van der Waals surface area contributed by atoms with Crippen LogP contribution in [0.4, 0.5) is 0 Å². The van der Waals surface area contributed by atoms with E-state index >= 15 is 0 Å². The zero-order valence-electron chi connectivity index (χ0n) is 7.93. The maximum absolute atomic E-state index is 11.3. The van der Waals surface area contributed by atoms with E-state index in [4.69, 9.17) is 0 Å². The van der Waals surface area contributed by atoms with E-state index in [2.05, 4.69) is 0 Å². The second kappa shape index (κ2) is 4.37. The van der Waals surface area contributed by atoms with Crippen LogP contribution >= 0.6 is 0 Å². The minimum atomic E-state index is -3.28. The summed E-state index contributed by atoms with van der Waals surface area (Å²) in [6, 6.07) is 7.26. The maximum Gasteiger partial charge on any atom is 0.161 e. The third kappa shape index (κ3) is 2.96. The molecule has 4 heteroatoms. The molecular weight excluding hydrogens is 200 g/mol. The predicted octanol–water partition coefficient (Wildman–Crippen LogP) is 1.11. The molecule has 1 rings (SSSR count). The average molecular weight is 212 g/mol. The van der Waals surface area contributed by atoms with Crippen molar-refractivity contribution in [1.82, 2.24) is 0 Å². The molecule has 0 amide bonds. The number of carbonyl (C=O) groups is 1. The van der Waals surface area contributed by atoms with E-state index in [1.54, 1.807) is 12.1 Å². The third-order valence-electron chi connectivity index (χ3n) is 1.96. The Morgan fingerprint density at radius 1 is 1.29 bits per heavy atom. The van der Waals surface area contributed by atoms with Gasteiger partial charge in [-0.25, -0.2) is 8.42 Å². The Morgan fingerprint density at radius 2 is 1.93 bits per heavy atom. The van der Waals surface area contributed by atoms with E-state index in [0.29, 0.717) is 6.29 Å². The van der Waals surface area contributed by atoms with E-state index < -0.39 is 15.6 Å². The highest BCUT2D eigenvalue weighted by molar-refractivity contribution is 7.91. The lowest BCUT2D eigenvalue weighted by Crippen LogP contribution is -2.10. The molecule has 0 aliphatic heterocycles. The minimum absolute atomic E-state index is 0.0571. The monoisotopic (exact) mass is 212 g/mol. The van der Waals surface area contributed by atoms with Crippen molar-refractivity contribution in [3.63, 3.8) is 0 Å². The molecule has 3 nitrogen and oxygen atoms in total. The average Bonchev–Trinajstić information content (AvgIpc) is 2.08. The largest absolute Gasteiger partial charge is 0.302 e. The van der Waals surface area contributed by atoms with Gasteiger partial charge in [0.05, 0.1) is 5.75 Å². The van der Waals surface area contributed by atoms with Crippen LogP contribution in [0.3, 0.4) is 0 Å². The molecule has 14 heavy (non-hydrogen) atoms. The summed E-state index contributed by atoms with van der Waals surface area (Å²) in [6.07, 6.45) is 0.424. The molecule has 0 unspecified atom stereocenters. The third-order valence-corrected chi connectivity index (χ3v) is 3.35.